The fourth-order valence-electron chi connectivity index (χ4n) is 3.59. The van der Waals surface area contributed by atoms with Crippen molar-refractivity contribution in [1.29, 1.82) is 5.26 Å². The molecule has 1 aliphatic rings. The van der Waals surface area contributed by atoms with Gasteiger partial charge in [-0.2, -0.15) is 5.26 Å². The summed E-state index contributed by atoms with van der Waals surface area (Å²) in [6.45, 7) is 6.26. The topological polar surface area (TPSA) is 64.9 Å². The number of fused-ring (bicyclic) bond motifs is 1. The molecule has 1 aliphatic carbocycles. The molecule has 0 aromatic heterocycles. The van der Waals surface area contributed by atoms with Crippen molar-refractivity contribution in [1.82, 2.24) is 5.32 Å². The maximum Gasteiger partial charge on any atom is 0.323 e. The molecule has 4 heteroatoms. The van der Waals surface area contributed by atoms with Crippen molar-refractivity contribution in [3.63, 3.8) is 0 Å². The van der Waals surface area contributed by atoms with E-state index in [2.05, 4.69) is 43.5 Å². The van der Waals surface area contributed by atoms with Gasteiger partial charge in [-0.05, 0) is 42.5 Å². The van der Waals surface area contributed by atoms with Crippen LogP contribution < -0.4 is 10.6 Å². The van der Waals surface area contributed by atoms with Crippen LogP contribution in [0.4, 0.5) is 10.5 Å². The van der Waals surface area contributed by atoms with E-state index in [0.29, 0.717) is 11.3 Å². The Morgan fingerprint density at radius 2 is 1.81 bits per heavy atom. The molecule has 0 saturated heterocycles. The summed E-state index contributed by atoms with van der Waals surface area (Å²) in [5.74, 6) is 0. The largest absolute Gasteiger partial charge is 0.323 e. The van der Waals surface area contributed by atoms with Gasteiger partial charge >= 0.3 is 6.03 Å². The van der Waals surface area contributed by atoms with Crippen LogP contribution in [0.1, 0.15) is 43.9 Å². The number of amides is 2. The van der Waals surface area contributed by atoms with E-state index in [9.17, 15) is 10.1 Å². The molecular weight excluding hydrogens is 334 g/mol. The highest BCUT2D eigenvalue weighted by Gasteiger charge is 2.36. The van der Waals surface area contributed by atoms with Gasteiger partial charge in [0.25, 0.3) is 0 Å². The number of nitrogens with one attached hydrogen (secondary N) is 2. The summed E-state index contributed by atoms with van der Waals surface area (Å²) in [7, 11) is 0. The first kappa shape index (κ1) is 18.7. The number of benzene rings is 2. The van der Waals surface area contributed by atoms with Gasteiger partial charge in [0.05, 0.1) is 17.3 Å². The van der Waals surface area contributed by atoms with Gasteiger partial charge < -0.3 is 10.6 Å². The third-order valence-electron chi connectivity index (χ3n) is 5.47. The summed E-state index contributed by atoms with van der Waals surface area (Å²) in [5.41, 5.74) is 5.00. The lowest BCUT2D eigenvalue weighted by Gasteiger charge is -2.35. The van der Waals surface area contributed by atoms with E-state index in [-0.39, 0.29) is 11.4 Å². The Bertz CT molecular complexity index is 921. The SMILES string of the molecule is CCc1ccc(NC(=O)NC2=C(C#N)C(C)(CC)Cc3ccccc32)cc1. The van der Waals surface area contributed by atoms with Gasteiger partial charge in [-0.1, -0.05) is 57.2 Å². The van der Waals surface area contributed by atoms with Gasteiger partial charge in [0.2, 0.25) is 0 Å². The molecule has 0 fully saturated rings. The summed E-state index contributed by atoms with van der Waals surface area (Å²) in [6.07, 6.45) is 2.58. The van der Waals surface area contributed by atoms with Crippen molar-refractivity contribution in [3.05, 3.63) is 70.8 Å². The summed E-state index contributed by atoms with van der Waals surface area (Å²) < 4.78 is 0. The molecular formula is C23H25N3O. The summed E-state index contributed by atoms with van der Waals surface area (Å²) >= 11 is 0. The third kappa shape index (κ3) is 3.73. The molecule has 2 aromatic carbocycles. The van der Waals surface area contributed by atoms with Crippen LogP contribution in [0.15, 0.2) is 54.1 Å². The number of hydrogen-bond donors (Lipinski definition) is 2. The summed E-state index contributed by atoms with van der Waals surface area (Å²) in [5, 5.41) is 15.7. The third-order valence-corrected chi connectivity index (χ3v) is 5.47. The quantitative estimate of drug-likeness (QED) is 0.780. The lowest BCUT2D eigenvalue weighted by atomic mass is 9.69. The predicted molar refractivity (Wildman–Crippen MR) is 109 cm³/mol. The normalized spacial score (nSPS) is 18.4. The van der Waals surface area contributed by atoms with E-state index in [1.807, 2.05) is 42.5 Å². The number of aryl methyl sites for hydroxylation is 1. The van der Waals surface area contributed by atoms with Crippen LogP contribution in [0.5, 0.6) is 0 Å². The maximum absolute atomic E-state index is 12.6. The van der Waals surface area contributed by atoms with E-state index in [0.717, 1.165) is 36.1 Å². The lowest BCUT2D eigenvalue weighted by molar-refractivity contribution is 0.255. The van der Waals surface area contributed by atoms with Gasteiger partial charge in [-0.15, -0.1) is 0 Å². The number of urea groups is 1. The van der Waals surface area contributed by atoms with Crippen LogP contribution in [0.3, 0.4) is 0 Å². The van der Waals surface area contributed by atoms with E-state index in [4.69, 9.17) is 0 Å². The van der Waals surface area contributed by atoms with Gasteiger partial charge in [-0.3, -0.25) is 0 Å². The van der Waals surface area contributed by atoms with Gasteiger partial charge in [0.15, 0.2) is 0 Å². The Morgan fingerprint density at radius 1 is 1.11 bits per heavy atom. The minimum absolute atomic E-state index is 0.283. The lowest BCUT2D eigenvalue weighted by Crippen LogP contribution is -2.35. The molecule has 27 heavy (non-hydrogen) atoms. The highest BCUT2D eigenvalue weighted by atomic mass is 16.2. The monoisotopic (exact) mass is 359 g/mol. The van der Waals surface area contributed by atoms with E-state index in [1.165, 1.54) is 5.56 Å². The number of rotatable bonds is 4. The Morgan fingerprint density at radius 3 is 2.44 bits per heavy atom. The molecule has 2 N–H and O–H groups in total. The molecule has 3 rings (SSSR count). The van der Waals surface area contributed by atoms with Crippen molar-refractivity contribution >= 4 is 17.4 Å². The van der Waals surface area contributed by atoms with Crippen molar-refractivity contribution in [3.8, 4) is 6.07 Å². The number of carbonyl (C=O) groups excluding carboxylic acids is 1. The average Bonchev–Trinajstić information content (AvgIpc) is 2.68. The zero-order valence-electron chi connectivity index (χ0n) is 16.1. The fourth-order valence-corrected chi connectivity index (χ4v) is 3.59. The second kappa shape index (κ2) is 7.67. The molecule has 0 aliphatic heterocycles. The standard InChI is InChI=1S/C23H25N3O/c1-4-16-10-12-18(13-11-16)25-22(27)26-21-19-9-7-6-8-17(19)14-23(3,5-2)20(21)15-24/h6-13H,4-5,14H2,1-3H3,(H2,25,26,27). The molecule has 2 amide bonds. The first-order valence-electron chi connectivity index (χ1n) is 9.40. The number of hydrogen-bond acceptors (Lipinski definition) is 2. The van der Waals surface area contributed by atoms with Crippen LogP contribution in [0.25, 0.3) is 5.70 Å². The summed E-state index contributed by atoms with van der Waals surface area (Å²) in [4.78, 5) is 12.6. The number of nitriles is 1. The fraction of sp³-hybridized carbons (Fsp3) is 0.304. The Kier molecular flexibility index (Phi) is 5.32. The molecule has 0 heterocycles. The number of anilines is 1. The molecule has 0 spiro atoms. The van der Waals surface area contributed by atoms with Crippen molar-refractivity contribution in [2.45, 2.75) is 40.0 Å². The second-order valence-electron chi connectivity index (χ2n) is 7.24. The Labute approximate surface area is 160 Å². The van der Waals surface area contributed by atoms with Crippen LogP contribution in [0, 0.1) is 16.7 Å². The van der Waals surface area contributed by atoms with Gasteiger partial charge in [-0.25, -0.2) is 4.79 Å². The van der Waals surface area contributed by atoms with Gasteiger partial charge in [0, 0.05) is 16.7 Å². The zero-order chi connectivity index (χ0) is 19.4. The van der Waals surface area contributed by atoms with Crippen molar-refractivity contribution in [2.75, 3.05) is 5.32 Å². The average molecular weight is 359 g/mol. The number of allylic oxidation sites excluding steroid dienone is 1. The second-order valence-corrected chi connectivity index (χ2v) is 7.24. The van der Waals surface area contributed by atoms with Crippen LogP contribution >= 0.6 is 0 Å². The minimum Gasteiger partial charge on any atom is -0.308 e. The molecule has 4 nitrogen and oxygen atoms in total. The molecule has 1 unspecified atom stereocenters. The number of carbonyl (C=O) groups is 1. The smallest absolute Gasteiger partial charge is 0.308 e. The van der Waals surface area contributed by atoms with Crippen molar-refractivity contribution in [2.24, 2.45) is 5.41 Å². The first-order valence-corrected chi connectivity index (χ1v) is 9.40. The van der Waals surface area contributed by atoms with Crippen LogP contribution in [-0.2, 0) is 12.8 Å². The molecule has 2 aromatic rings. The van der Waals surface area contributed by atoms with E-state index in [1.54, 1.807) is 0 Å². The van der Waals surface area contributed by atoms with E-state index < -0.39 is 0 Å². The van der Waals surface area contributed by atoms with Gasteiger partial charge in [0.1, 0.15) is 0 Å². The van der Waals surface area contributed by atoms with Crippen LogP contribution in [-0.4, -0.2) is 6.03 Å². The molecule has 0 radical (unpaired) electrons. The maximum atomic E-state index is 12.6. The summed E-state index contributed by atoms with van der Waals surface area (Å²) in [6, 6.07) is 17.8. The highest BCUT2D eigenvalue weighted by molar-refractivity contribution is 5.97. The molecule has 0 bridgehead atoms. The molecule has 138 valence electrons. The van der Waals surface area contributed by atoms with Crippen molar-refractivity contribution < 1.29 is 4.79 Å². The molecule has 0 saturated carbocycles. The van der Waals surface area contributed by atoms with E-state index >= 15 is 0 Å². The highest BCUT2D eigenvalue weighted by Crippen LogP contribution is 2.43. The number of nitrogens with zero attached hydrogens (tertiary/aromatic N) is 1. The van der Waals surface area contributed by atoms with Crippen LogP contribution in [0.2, 0.25) is 0 Å². The Balaban J connectivity index is 1.91. The zero-order valence-corrected chi connectivity index (χ0v) is 16.1. The predicted octanol–water partition coefficient (Wildman–Crippen LogP) is 5.28. The minimum atomic E-state index is -0.336. The first-order chi connectivity index (χ1) is 13.0. The Hall–Kier alpha value is -3.06. The molecule has 1 atom stereocenters.